The largest absolute Gasteiger partial charge is 0.327 e. The summed E-state index contributed by atoms with van der Waals surface area (Å²) in [4.78, 5) is 52.6. The lowest BCUT2D eigenvalue weighted by Gasteiger charge is -2.38. The minimum absolute atomic E-state index is 0.0657. The Bertz CT molecular complexity index is 881. The van der Waals surface area contributed by atoms with E-state index in [1.54, 1.807) is 12.1 Å². The first-order valence-corrected chi connectivity index (χ1v) is 10.2. The molecule has 0 saturated carbocycles. The van der Waals surface area contributed by atoms with Gasteiger partial charge in [0.05, 0.1) is 11.1 Å². The zero-order valence-electron chi connectivity index (χ0n) is 16.5. The summed E-state index contributed by atoms with van der Waals surface area (Å²) in [6.45, 7) is 3.64. The van der Waals surface area contributed by atoms with Crippen LogP contribution in [0.4, 0.5) is 0 Å². The monoisotopic (exact) mass is 398 g/mol. The average Bonchev–Trinajstić information content (AvgIpc) is 2.93. The number of benzene rings is 1. The van der Waals surface area contributed by atoms with Gasteiger partial charge in [-0.2, -0.15) is 0 Å². The molecule has 2 saturated heterocycles. The van der Waals surface area contributed by atoms with Crippen molar-refractivity contribution in [1.82, 2.24) is 15.1 Å². The first-order valence-electron chi connectivity index (χ1n) is 10.2. The van der Waals surface area contributed by atoms with Crippen LogP contribution >= 0.6 is 0 Å². The van der Waals surface area contributed by atoms with Crippen molar-refractivity contribution in [3.05, 3.63) is 34.9 Å². The van der Waals surface area contributed by atoms with E-state index in [1.807, 2.05) is 13.0 Å². The fourth-order valence-electron chi connectivity index (χ4n) is 4.66. The van der Waals surface area contributed by atoms with E-state index >= 15 is 0 Å². The summed E-state index contributed by atoms with van der Waals surface area (Å²) in [5.41, 5.74) is 7.74. The highest BCUT2D eigenvalue weighted by atomic mass is 16.2. The number of nitrogens with two attached hydrogens (primary N) is 1. The van der Waals surface area contributed by atoms with Gasteiger partial charge in [0.25, 0.3) is 11.8 Å². The molecule has 0 spiro atoms. The molecule has 3 aliphatic heterocycles. The normalized spacial score (nSPS) is 26.5. The molecule has 3 heterocycles. The maximum Gasteiger partial charge on any atom is 0.262 e. The Hall–Kier alpha value is -2.58. The van der Waals surface area contributed by atoms with Gasteiger partial charge in [-0.3, -0.25) is 34.3 Å². The summed E-state index contributed by atoms with van der Waals surface area (Å²) >= 11 is 0. The molecule has 1 aromatic carbocycles. The minimum atomic E-state index is -0.937. The lowest BCUT2D eigenvalue weighted by molar-refractivity contribution is -0.136. The number of fused-ring (bicyclic) bond motifs is 1. The zero-order valence-corrected chi connectivity index (χ0v) is 16.5. The second-order valence-electron chi connectivity index (χ2n) is 8.22. The molecule has 0 bridgehead atoms. The van der Waals surface area contributed by atoms with Crippen molar-refractivity contribution in [3.8, 4) is 0 Å². The molecular formula is C21H26N4O4. The Labute approximate surface area is 169 Å². The molecule has 0 aromatic heterocycles. The molecular weight excluding hydrogens is 372 g/mol. The molecule has 4 rings (SSSR count). The number of nitrogens with one attached hydrogen (secondary N) is 1. The van der Waals surface area contributed by atoms with Gasteiger partial charge in [0, 0.05) is 25.0 Å². The fourth-order valence-corrected chi connectivity index (χ4v) is 4.66. The summed E-state index contributed by atoms with van der Waals surface area (Å²) in [5.74, 6) is -1.92. The van der Waals surface area contributed by atoms with Crippen molar-refractivity contribution in [2.75, 3.05) is 6.54 Å². The third-order valence-electron chi connectivity index (χ3n) is 6.16. The van der Waals surface area contributed by atoms with E-state index < -0.39 is 23.8 Å². The van der Waals surface area contributed by atoms with Crippen molar-refractivity contribution >= 4 is 23.6 Å². The molecule has 3 aliphatic rings. The molecule has 4 amide bonds. The predicted molar refractivity (Wildman–Crippen MR) is 105 cm³/mol. The van der Waals surface area contributed by atoms with E-state index in [4.69, 9.17) is 5.73 Å². The second kappa shape index (κ2) is 7.68. The van der Waals surface area contributed by atoms with Crippen molar-refractivity contribution in [1.29, 1.82) is 0 Å². The first-order chi connectivity index (χ1) is 13.9. The van der Waals surface area contributed by atoms with Crippen LogP contribution in [0, 0.1) is 0 Å². The Morgan fingerprint density at radius 2 is 1.86 bits per heavy atom. The minimum Gasteiger partial charge on any atom is -0.327 e. The van der Waals surface area contributed by atoms with E-state index in [9.17, 15) is 19.2 Å². The van der Waals surface area contributed by atoms with Crippen LogP contribution < -0.4 is 11.1 Å². The van der Waals surface area contributed by atoms with Gasteiger partial charge in [0.15, 0.2) is 0 Å². The molecule has 2 fully saturated rings. The molecule has 1 aromatic rings. The fraction of sp³-hybridized carbons (Fsp3) is 0.524. The molecule has 0 radical (unpaired) electrons. The number of hydrogen-bond donors (Lipinski definition) is 2. The van der Waals surface area contributed by atoms with Gasteiger partial charge in [-0.15, -0.1) is 0 Å². The lowest BCUT2D eigenvalue weighted by atomic mass is 9.96. The molecule has 8 nitrogen and oxygen atoms in total. The van der Waals surface area contributed by atoms with Crippen LogP contribution in [0.3, 0.4) is 0 Å². The Kier molecular flexibility index (Phi) is 5.23. The summed E-state index contributed by atoms with van der Waals surface area (Å²) in [5, 5.41) is 2.21. The zero-order chi connectivity index (χ0) is 20.7. The maximum atomic E-state index is 13.0. The molecule has 0 aliphatic carbocycles. The van der Waals surface area contributed by atoms with Crippen LogP contribution in [0.2, 0.25) is 0 Å². The Morgan fingerprint density at radius 1 is 1.10 bits per heavy atom. The summed E-state index contributed by atoms with van der Waals surface area (Å²) in [7, 11) is 0. The number of piperidine rings is 2. The van der Waals surface area contributed by atoms with Crippen molar-refractivity contribution in [2.45, 2.75) is 63.7 Å². The molecule has 29 heavy (non-hydrogen) atoms. The number of imide groups is 2. The third-order valence-corrected chi connectivity index (χ3v) is 6.16. The van der Waals surface area contributed by atoms with Gasteiger partial charge < -0.3 is 5.73 Å². The number of hydrogen-bond acceptors (Lipinski definition) is 6. The average molecular weight is 398 g/mol. The second-order valence-corrected chi connectivity index (χ2v) is 8.22. The summed E-state index contributed by atoms with van der Waals surface area (Å²) in [6.07, 6.45) is 3.62. The number of nitrogens with zero attached hydrogens (tertiary/aromatic N) is 2. The molecule has 154 valence electrons. The van der Waals surface area contributed by atoms with Gasteiger partial charge in [-0.05, 0) is 50.4 Å². The molecule has 3 N–H and O–H groups in total. The van der Waals surface area contributed by atoms with Crippen molar-refractivity contribution in [2.24, 2.45) is 5.73 Å². The van der Waals surface area contributed by atoms with E-state index in [-0.39, 0.29) is 24.8 Å². The van der Waals surface area contributed by atoms with Crippen LogP contribution in [-0.4, -0.2) is 58.1 Å². The van der Waals surface area contributed by atoms with E-state index in [0.29, 0.717) is 23.7 Å². The number of amides is 4. The number of carbonyl (C=O) groups is 4. The predicted octanol–water partition coefficient (Wildman–Crippen LogP) is 0.790. The summed E-state index contributed by atoms with van der Waals surface area (Å²) < 4.78 is 0. The van der Waals surface area contributed by atoms with Gasteiger partial charge in [-0.25, -0.2) is 0 Å². The van der Waals surface area contributed by atoms with E-state index in [0.717, 1.165) is 29.8 Å². The lowest BCUT2D eigenvalue weighted by Crippen LogP contribution is -2.54. The number of likely N-dealkylation sites (tertiary alicyclic amines) is 1. The van der Waals surface area contributed by atoms with Gasteiger partial charge in [-0.1, -0.05) is 12.5 Å². The SMILES string of the molecule is CC(N)C1CCCCN1Cc1ccc2c(c1)C(=O)N(C1CCC(=O)NC1=O)C2=O. The number of rotatable bonds is 4. The van der Waals surface area contributed by atoms with E-state index in [2.05, 4.69) is 10.2 Å². The highest BCUT2D eigenvalue weighted by Gasteiger charge is 2.44. The Morgan fingerprint density at radius 3 is 2.59 bits per heavy atom. The quantitative estimate of drug-likeness (QED) is 0.725. The van der Waals surface area contributed by atoms with Crippen LogP contribution in [0.5, 0.6) is 0 Å². The smallest absolute Gasteiger partial charge is 0.262 e. The molecule has 3 unspecified atom stereocenters. The van der Waals surface area contributed by atoms with Gasteiger partial charge in [0.1, 0.15) is 6.04 Å². The Balaban J connectivity index is 1.55. The van der Waals surface area contributed by atoms with Crippen LogP contribution in [0.15, 0.2) is 18.2 Å². The van der Waals surface area contributed by atoms with Crippen LogP contribution in [0.25, 0.3) is 0 Å². The van der Waals surface area contributed by atoms with Gasteiger partial charge >= 0.3 is 0 Å². The number of carbonyl (C=O) groups excluding carboxylic acids is 4. The molecule has 3 atom stereocenters. The van der Waals surface area contributed by atoms with Crippen LogP contribution in [0.1, 0.15) is 65.3 Å². The molecule has 8 heteroatoms. The maximum absolute atomic E-state index is 13.0. The van der Waals surface area contributed by atoms with Crippen LogP contribution in [-0.2, 0) is 16.1 Å². The topological polar surface area (TPSA) is 113 Å². The van der Waals surface area contributed by atoms with Gasteiger partial charge in [0.2, 0.25) is 11.8 Å². The van der Waals surface area contributed by atoms with Crippen molar-refractivity contribution in [3.63, 3.8) is 0 Å². The van der Waals surface area contributed by atoms with Crippen molar-refractivity contribution < 1.29 is 19.2 Å². The highest BCUT2D eigenvalue weighted by Crippen LogP contribution is 2.29. The summed E-state index contributed by atoms with van der Waals surface area (Å²) in [6, 6.07) is 4.72. The third kappa shape index (κ3) is 3.58. The first kappa shape index (κ1) is 19.7. The standard InChI is InChI=1S/C21H26N4O4/c1-12(22)16-4-2-3-9-24(16)11-13-5-6-14-15(10-13)21(29)25(20(14)28)17-7-8-18(26)23-19(17)27/h5-6,10,12,16-17H,2-4,7-9,11,22H2,1H3,(H,23,26,27). The highest BCUT2D eigenvalue weighted by molar-refractivity contribution is 6.23. The van der Waals surface area contributed by atoms with E-state index in [1.165, 1.54) is 6.42 Å².